The third-order valence-corrected chi connectivity index (χ3v) is 3.54. The third-order valence-electron chi connectivity index (χ3n) is 3.54. The molecule has 7 nitrogen and oxygen atoms in total. The van der Waals surface area contributed by atoms with E-state index in [1.165, 1.54) is 0 Å². The monoisotopic (exact) mass is 323 g/mol. The van der Waals surface area contributed by atoms with Crippen LogP contribution in [0, 0.1) is 0 Å². The molecule has 2 rings (SSSR count). The quantitative estimate of drug-likeness (QED) is 0.754. The Balaban J connectivity index is 2.08. The van der Waals surface area contributed by atoms with Crippen molar-refractivity contribution in [1.82, 2.24) is 4.90 Å². The molecule has 1 aromatic carbocycles. The van der Waals surface area contributed by atoms with Gasteiger partial charge in [-0.05, 0) is 18.2 Å². The lowest BCUT2D eigenvalue weighted by Gasteiger charge is -2.34. The molecule has 1 atom stereocenters. The van der Waals surface area contributed by atoms with Crippen LogP contribution in [0.2, 0.25) is 0 Å². The fourth-order valence-corrected chi connectivity index (χ4v) is 2.42. The molecule has 1 aliphatic heterocycles. The van der Waals surface area contributed by atoms with Crippen LogP contribution in [0.4, 0.5) is 0 Å². The summed E-state index contributed by atoms with van der Waals surface area (Å²) >= 11 is 0. The van der Waals surface area contributed by atoms with Gasteiger partial charge in [-0.2, -0.15) is 0 Å². The lowest BCUT2D eigenvalue weighted by molar-refractivity contribution is -0.139. The highest BCUT2D eigenvalue weighted by Crippen LogP contribution is 2.19. The molecule has 1 N–H and O–H groups in total. The van der Waals surface area contributed by atoms with E-state index in [0.29, 0.717) is 37.7 Å². The first-order valence-electron chi connectivity index (χ1n) is 7.44. The van der Waals surface area contributed by atoms with Gasteiger partial charge in [-0.25, -0.2) is 0 Å². The summed E-state index contributed by atoms with van der Waals surface area (Å²) in [7, 11) is 1.59. The standard InChI is InChI=1S/C16H21NO6/c1-21-7-8-23-14-4-2-3-12(9-14)16(20)17-5-6-22-11-13(17)10-15(18)19/h2-4,9,13H,5-8,10-11H2,1H3,(H,18,19). The van der Waals surface area contributed by atoms with E-state index >= 15 is 0 Å². The van der Waals surface area contributed by atoms with Crippen LogP contribution in [0.25, 0.3) is 0 Å². The lowest BCUT2D eigenvalue weighted by atomic mass is 10.1. The number of carbonyl (C=O) groups excluding carboxylic acids is 1. The first-order chi connectivity index (χ1) is 11.1. The molecular weight excluding hydrogens is 302 g/mol. The van der Waals surface area contributed by atoms with Crippen LogP contribution in [-0.2, 0) is 14.3 Å². The molecular formula is C16H21NO6. The number of rotatable bonds is 7. The van der Waals surface area contributed by atoms with E-state index in [1.807, 2.05) is 0 Å². The van der Waals surface area contributed by atoms with Crippen molar-refractivity contribution in [3.63, 3.8) is 0 Å². The zero-order valence-electron chi connectivity index (χ0n) is 13.1. The van der Waals surface area contributed by atoms with Gasteiger partial charge in [-0.3, -0.25) is 9.59 Å². The number of ether oxygens (including phenoxy) is 3. The van der Waals surface area contributed by atoms with E-state index < -0.39 is 12.0 Å². The smallest absolute Gasteiger partial charge is 0.305 e. The number of nitrogens with zero attached hydrogens (tertiary/aromatic N) is 1. The topological polar surface area (TPSA) is 85.3 Å². The number of carboxylic acid groups (broad SMARTS) is 1. The number of carboxylic acids is 1. The van der Waals surface area contributed by atoms with Gasteiger partial charge < -0.3 is 24.2 Å². The van der Waals surface area contributed by atoms with E-state index in [2.05, 4.69) is 0 Å². The highest BCUT2D eigenvalue weighted by molar-refractivity contribution is 5.95. The molecule has 1 fully saturated rings. The molecule has 23 heavy (non-hydrogen) atoms. The fourth-order valence-electron chi connectivity index (χ4n) is 2.42. The summed E-state index contributed by atoms with van der Waals surface area (Å²) in [5, 5.41) is 8.98. The Kier molecular flexibility index (Phi) is 6.37. The van der Waals surface area contributed by atoms with Crippen LogP contribution in [0.3, 0.4) is 0 Å². The summed E-state index contributed by atoms with van der Waals surface area (Å²) < 4.78 is 15.7. The first kappa shape index (κ1) is 17.2. The highest BCUT2D eigenvalue weighted by Gasteiger charge is 2.29. The zero-order valence-corrected chi connectivity index (χ0v) is 13.1. The minimum atomic E-state index is -0.949. The second kappa shape index (κ2) is 8.50. The van der Waals surface area contributed by atoms with Crippen LogP contribution in [0.5, 0.6) is 5.75 Å². The van der Waals surface area contributed by atoms with Gasteiger partial charge in [0.2, 0.25) is 0 Å². The highest BCUT2D eigenvalue weighted by atomic mass is 16.5. The maximum atomic E-state index is 12.7. The molecule has 1 saturated heterocycles. The van der Waals surface area contributed by atoms with Crippen LogP contribution < -0.4 is 4.74 Å². The number of morpholine rings is 1. The van der Waals surface area contributed by atoms with Gasteiger partial charge in [0.25, 0.3) is 5.91 Å². The van der Waals surface area contributed by atoms with E-state index in [0.717, 1.165) is 0 Å². The number of carbonyl (C=O) groups is 2. The Bertz CT molecular complexity index is 547. The molecule has 1 aromatic rings. The molecule has 1 aliphatic rings. The zero-order chi connectivity index (χ0) is 16.7. The van der Waals surface area contributed by atoms with E-state index in [4.69, 9.17) is 19.3 Å². The molecule has 1 unspecified atom stereocenters. The predicted octanol–water partition coefficient (Wildman–Crippen LogP) is 1.03. The molecule has 7 heteroatoms. The number of aliphatic carboxylic acids is 1. The summed E-state index contributed by atoms with van der Waals surface area (Å²) in [5.41, 5.74) is 0.470. The third kappa shape index (κ3) is 4.94. The number of benzene rings is 1. The first-order valence-corrected chi connectivity index (χ1v) is 7.44. The number of amides is 1. The Morgan fingerprint density at radius 1 is 1.39 bits per heavy atom. The molecule has 0 spiro atoms. The molecule has 0 aliphatic carbocycles. The lowest BCUT2D eigenvalue weighted by Crippen LogP contribution is -2.49. The second-order valence-corrected chi connectivity index (χ2v) is 5.19. The molecule has 1 heterocycles. The molecule has 126 valence electrons. The minimum absolute atomic E-state index is 0.129. The van der Waals surface area contributed by atoms with Gasteiger partial charge in [-0.15, -0.1) is 0 Å². The summed E-state index contributed by atoms with van der Waals surface area (Å²) in [4.78, 5) is 25.2. The SMILES string of the molecule is COCCOc1cccc(C(=O)N2CCOCC2CC(=O)O)c1. The summed E-state index contributed by atoms with van der Waals surface area (Å²) in [6, 6.07) is 6.40. The van der Waals surface area contributed by atoms with Crippen molar-refractivity contribution in [2.45, 2.75) is 12.5 Å². The van der Waals surface area contributed by atoms with Gasteiger partial charge >= 0.3 is 5.97 Å². The number of hydrogen-bond acceptors (Lipinski definition) is 5. The van der Waals surface area contributed by atoms with Crippen molar-refractivity contribution in [2.75, 3.05) is 40.1 Å². The normalized spacial score (nSPS) is 17.8. The Morgan fingerprint density at radius 3 is 2.96 bits per heavy atom. The van der Waals surface area contributed by atoms with Crippen LogP contribution in [0.15, 0.2) is 24.3 Å². The van der Waals surface area contributed by atoms with E-state index in [9.17, 15) is 9.59 Å². The van der Waals surface area contributed by atoms with Gasteiger partial charge in [0, 0.05) is 19.2 Å². The van der Waals surface area contributed by atoms with Crippen molar-refractivity contribution in [1.29, 1.82) is 0 Å². The van der Waals surface area contributed by atoms with Crippen LogP contribution in [0.1, 0.15) is 16.8 Å². The van der Waals surface area contributed by atoms with Crippen molar-refractivity contribution < 1.29 is 28.9 Å². The molecule has 0 bridgehead atoms. The maximum absolute atomic E-state index is 12.7. The van der Waals surface area contributed by atoms with Crippen LogP contribution in [-0.4, -0.2) is 68.0 Å². The van der Waals surface area contributed by atoms with Gasteiger partial charge in [0.05, 0.1) is 32.3 Å². The second-order valence-electron chi connectivity index (χ2n) is 5.19. The Labute approximate surface area is 134 Å². The van der Waals surface area contributed by atoms with Gasteiger partial charge in [0.1, 0.15) is 12.4 Å². The van der Waals surface area contributed by atoms with Gasteiger partial charge in [-0.1, -0.05) is 6.07 Å². The summed E-state index contributed by atoms with van der Waals surface area (Å²) in [6.45, 7) is 1.88. The average Bonchev–Trinajstić information content (AvgIpc) is 2.55. The molecule has 1 amide bonds. The number of methoxy groups -OCH3 is 1. The van der Waals surface area contributed by atoms with Crippen molar-refractivity contribution in [3.8, 4) is 5.75 Å². The van der Waals surface area contributed by atoms with Gasteiger partial charge in [0.15, 0.2) is 0 Å². The van der Waals surface area contributed by atoms with Crippen molar-refractivity contribution >= 4 is 11.9 Å². The average molecular weight is 323 g/mol. The molecule has 0 radical (unpaired) electrons. The summed E-state index contributed by atoms with van der Waals surface area (Å²) in [6.07, 6.45) is -0.129. The van der Waals surface area contributed by atoms with Crippen LogP contribution >= 0.6 is 0 Å². The van der Waals surface area contributed by atoms with E-state index in [1.54, 1.807) is 36.3 Å². The number of hydrogen-bond donors (Lipinski definition) is 1. The predicted molar refractivity (Wildman–Crippen MR) is 81.7 cm³/mol. The van der Waals surface area contributed by atoms with Crippen molar-refractivity contribution in [3.05, 3.63) is 29.8 Å². The largest absolute Gasteiger partial charge is 0.491 e. The Morgan fingerprint density at radius 2 is 2.22 bits per heavy atom. The minimum Gasteiger partial charge on any atom is -0.491 e. The van der Waals surface area contributed by atoms with Crippen molar-refractivity contribution in [2.24, 2.45) is 0 Å². The maximum Gasteiger partial charge on any atom is 0.305 e. The van der Waals surface area contributed by atoms with E-state index in [-0.39, 0.29) is 18.9 Å². The summed E-state index contributed by atoms with van der Waals surface area (Å²) in [5.74, 6) is -0.581. The molecule has 0 aromatic heterocycles. The Hall–Kier alpha value is -2.12. The molecule has 0 saturated carbocycles. The fraction of sp³-hybridized carbons (Fsp3) is 0.500.